The molecule has 0 saturated carbocycles. The van der Waals surface area contributed by atoms with Gasteiger partial charge in [-0.2, -0.15) is 12.6 Å². The fraction of sp³-hybridized carbons (Fsp3) is 0.524. The number of nitrogens with one attached hydrogen (secondary N) is 2. The number of aromatic hydroxyl groups is 1. The molecule has 5 unspecified atom stereocenters. The summed E-state index contributed by atoms with van der Waals surface area (Å²) in [6, 6.07) is 1.66. The molecule has 1 aliphatic rings. The van der Waals surface area contributed by atoms with Gasteiger partial charge < -0.3 is 36.6 Å². The van der Waals surface area contributed by atoms with Crippen LogP contribution in [0.2, 0.25) is 0 Å². The molecule has 5 atom stereocenters. The zero-order valence-electron chi connectivity index (χ0n) is 18.2. The molecule has 1 aromatic rings. The standard InChI is InChI=1S/C21H30N4O7S/c1-11(26)17(21(31)32)24-19(29)16-3-2-8-25(16)20(30)15(23-18(28)14(22)10-33)9-12-4-6-13(27)7-5-12/h4-7,11,14-17,26-27,33H,2-3,8-10,22H2,1H3,(H,23,28)(H,24,29)(H,31,32). The normalized spacial score (nSPS) is 19.3. The Kier molecular flexibility index (Phi) is 9.50. The minimum atomic E-state index is -1.52. The van der Waals surface area contributed by atoms with Crippen molar-refractivity contribution in [2.45, 2.75) is 56.5 Å². The van der Waals surface area contributed by atoms with Gasteiger partial charge >= 0.3 is 5.97 Å². The molecule has 11 nitrogen and oxygen atoms in total. The molecule has 0 aliphatic carbocycles. The maximum atomic E-state index is 13.4. The number of carboxylic acid groups (broad SMARTS) is 1. The Labute approximate surface area is 196 Å². The number of hydrogen-bond acceptors (Lipinski definition) is 8. The molecule has 0 spiro atoms. The van der Waals surface area contributed by atoms with Crippen LogP contribution in [-0.4, -0.2) is 86.5 Å². The second-order valence-corrected chi connectivity index (χ2v) is 8.34. The third-order valence-corrected chi connectivity index (χ3v) is 5.80. The maximum absolute atomic E-state index is 13.4. The number of hydrogen-bond donors (Lipinski definition) is 7. The van der Waals surface area contributed by atoms with Crippen molar-refractivity contribution in [1.29, 1.82) is 0 Å². The molecule has 1 heterocycles. The molecule has 33 heavy (non-hydrogen) atoms. The molecule has 1 aliphatic heterocycles. The lowest BCUT2D eigenvalue weighted by molar-refractivity contribution is -0.147. The molecule has 1 aromatic carbocycles. The topological polar surface area (TPSA) is 182 Å². The van der Waals surface area contributed by atoms with Crippen molar-refractivity contribution in [2.24, 2.45) is 5.73 Å². The van der Waals surface area contributed by atoms with Gasteiger partial charge in [-0.05, 0) is 37.5 Å². The summed E-state index contributed by atoms with van der Waals surface area (Å²) < 4.78 is 0. The predicted molar refractivity (Wildman–Crippen MR) is 122 cm³/mol. The van der Waals surface area contributed by atoms with Crippen LogP contribution in [0.15, 0.2) is 24.3 Å². The van der Waals surface area contributed by atoms with Gasteiger partial charge in [-0.25, -0.2) is 4.79 Å². The van der Waals surface area contributed by atoms with Crippen molar-refractivity contribution in [3.63, 3.8) is 0 Å². The zero-order valence-corrected chi connectivity index (χ0v) is 19.1. The van der Waals surface area contributed by atoms with E-state index in [0.29, 0.717) is 18.4 Å². The smallest absolute Gasteiger partial charge is 0.328 e. The molecule has 0 aromatic heterocycles. The molecule has 12 heteroatoms. The van der Waals surface area contributed by atoms with Crippen molar-refractivity contribution in [1.82, 2.24) is 15.5 Å². The Bertz CT molecular complexity index is 865. The fourth-order valence-corrected chi connectivity index (χ4v) is 3.74. The Morgan fingerprint density at radius 3 is 2.39 bits per heavy atom. The average molecular weight is 483 g/mol. The van der Waals surface area contributed by atoms with Crippen LogP contribution in [0.4, 0.5) is 0 Å². The van der Waals surface area contributed by atoms with Crippen LogP contribution in [0.5, 0.6) is 5.75 Å². The summed E-state index contributed by atoms with van der Waals surface area (Å²) in [6.07, 6.45) is -0.437. The number of aliphatic hydroxyl groups is 1. The van der Waals surface area contributed by atoms with Crippen LogP contribution < -0.4 is 16.4 Å². The molecule has 1 fully saturated rings. The van der Waals surface area contributed by atoms with Gasteiger partial charge in [0.2, 0.25) is 17.7 Å². The number of carboxylic acids is 1. The maximum Gasteiger partial charge on any atom is 0.328 e. The molecule has 182 valence electrons. The van der Waals surface area contributed by atoms with Crippen molar-refractivity contribution >= 4 is 36.3 Å². The highest BCUT2D eigenvalue weighted by atomic mass is 32.1. The summed E-state index contributed by atoms with van der Waals surface area (Å²) in [6.45, 7) is 1.48. The SMILES string of the molecule is CC(O)C(NC(=O)C1CCCN1C(=O)C(Cc1ccc(O)cc1)NC(=O)C(N)CS)C(=O)O. The van der Waals surface area contributed by atoms with Crippen LogP contribution in [-0.2, 0) is 25.6 Å². The van der Waals surface area contributed by atoms with Crippen molar-refractivity contribution in [3.8, 4) is 5.75 Å². The van der Waals surface area contributed by atoms with Crippen LogP contribution in [0.25, 0.3) is 0 Å². The number of aliphatic hydroxyl groups excluding tert-OH is 1. The van der Waals surface area contributed by atoms with Crippen LogP contribution in [0, 0.1) is 0 Å². The monoisotopic (exact) mass is 482 g/mol. The first-order valence-electron chi connectivity index (χ1n) is 10.5. The number of phenolic OH excluding ortho intramolecular Hbond substituents is 1. The number of nitrogens with zero attached hydrogens (tertiary/aromatic N) is 1. The lowest BCUT2D eigenvalue weighted by Crippen LogP contribution is -2.58. The van der Waals surface area contributed by atoms with Crippen LogP contribution in [0.3, 0.4) is 0 Å². The van der Waals surface area contributed by atoms with E-state index in [1.165, 1.54) is 24.0 Å². The van der Waals surface area contributed by atoms with Crippen LogP contribution in [0.1, 0.15) is 25.3 Å². The summed E-state index contributed by atoms with van der Waals surface area (Å²) in [5.41, 5.74) is 6.39. The van der Waals surface area contributed by atoms with E-state index in [0.717, 1.165) is 0 Å². The predicted octanol–water partition coefficient (Wildman–Crippen LogP) is -1.38. The second kappa shape index (κ2) is 11.9. The van der Waals surface area contributed by atoms with Crippen LogP contribution >= 0.6 is 12.6 Å². The number of thiol groups is 1. The number of nitrogens with two attached hydrogens (primary N) is 1. The second-order valence-electron chi connectivity index (χ2n) is 7.98. The van der Waals surface area contributed by atoms with Gasteiger partial charge in [-0.1, -0.05) is 12.1 Å². The van der Waals surface area contributed by atoms with E-state index in [-0.39, 0.29) is 24.5 Å². The molecule has 0 bridgehead atoms. The van der Waals surface area contributed by atoms with E-state index in [2.05, 4.69) is 23.3 Å². The first-order valence-corrected chi connectivity index (χ1v) is 11.1. The molecule has 1 saturated heterocycles. The zero-order chi connectivity index (χ0) is 24.7. The Morgan fingerprint density at radius 2 is 1.85 bits per heavy atom. The molecule has 3 amide bonds. The van der Waals surface area contributed by atoms with E-state index < -0.39 is 54.0 Å². The lowest BCUT2D eigenvalue weighted by Gasteiger charge is -2.30. The largest absolute Gasteiger partial charge is 0.508 e. The van der Waals surface area contributed by atoms with E-state index in [1.807, 2.05) is 0 Å². The number of benzene rings is 1. The Hall–Kier alpha value is -2.83. The third kappa shape index (κ3) is 7.07. The minimum absolute atomic E-state index is 0.0464. The van der Waals surface area contributed by atoms with E-state index in [9.17, 15) is 34.5 Å². The third-order valence-electron chi connectivity index (χ3n) is 5.41. The Balaban J connectivity index is 2.23. The number of carbonyl (C=O) groups excluding carboxylic acids is 3. The number of rotatable bonds is 10. The first-order chi connectivity index (χ1) is 15.5. The number of likely N-dealkylation sites (tertiary alicyclic amines) is 1. The van der Waals surface area contributed by atoms with Gasteiger partial charge in [-0.3, -0.25) is 14.4 Å². The summed E-state index contributed by atoms with van der Waals surface area (Å²) >= 11 is 4.00. The van der Waals surface area contributed by atoms with E-state index in [4.69, 9.17) is 5.73 Å². The summed E-state index contributed by atoms with van der Waals surface area (Å²) in [5.74, 6) is -3.09. The molecular weight excluding hydrogens is 452 g/mol. The molecular formula is C21H30N4O7S. The van der Waals surface area contributed by atoms with Crippen molar-refractivity contribution in [2.75, 3.05) is 12.3 Å². The number of amides is 3. The highest BCUT2D eigenvalue weighted by Gasteiger charge is 2.39. The molecule has 0 radical (unpaired) electrons. The van der Waals surface area contributed by atoms with Gasteiger partial charge in [0.05, 0.1) is 12.1 Å². The highest BCUT2D eigenvalue weighted by Crippen LogP contribution is 2.21. The van der Waals surface area contributed by atoms with Gasteiger partial charge in [0.25, 0.3) is 0 Å². The summed E-state index contributed by atoms with van der Waals surface area (Å²) in [4.78, 5) is 51.1. The fourth-order valence-electron chi connectivity index (χ4n) is 3.57. The van der Waals surface area contributed by atoms with Gasteiger partial charge in [0.1, 0.15) is 17.8 Å². The molecule has 2 rings (SSSR count). The lowest BCUT2D eigenvalue weighted by atomic mass is 10.0. The number of phenols is 1. The van der Waals surface area contributed by atoms with Gasteiger partial charge in [-0.15, -0.1) is 0 Å². The highest BCUT2D eigenvalue weighted by molar-refractivity contribution is 7.80. The number of carbonyl (C=O) groups is 4. The van der Waals surface area contributed by atoms with Gasteiger partial charge in [0.15, 0.2) is 6.04 Å². The molecule has 7 N–H and O–H groups in total. The first kappa shape index (κ1) is 26.4. The van der Waals surface area contributed by atoms with E-state index >= 15 is 0 Å². The van der Waals surface area contributed by atoms with E-state index in [1.54, 1.807) is 12.1 Å². The summed E-state index contributed by atoms with van der Waals surface area (Å²) in [5, 5.41) is 33.2. The minimum Gasteiger partial charge on any atom is -0.508 e. The van der Waals surface area contributed by atoms with Crippen molar-refractivity contribution in [3.05, 3.63) is 29.8 Å². The van der Waals surface area contributed by atoms with Gasteiger partial charge in [0, 0.05) is 18.7 Å². The summed E-state index contributed by atoms with van der Waals surface area (Å²) in [7, 11) is 0. The quantitative estimate of drug-likeness (QED) is 0.199. The van der Waals surface area contributed by atoms with Crippen molar-refractivity contribution < 1.29 is 34.5 Å². The number of aliphatic carboxylic acids is 1. The average Bonchev–Trinajstić information content (AvgIpc) is 3.26. The Morgan fingerprint density at radius 1 is 1.21 bits per heavy atom.